The van der Waals surface area contributed by atoms with Crippen molar-refractivity contribution in [1.82, 2.24) is 5.32 Å². The smallest absolute Gasteiger partial charge is 0.239 e. The molecule has 3 N–H and O–H groups in total. The molecule has 1 amide bonds. The van der Waals surface area contributed by atoms with Crippen molar-refractivity contribution in [2.45, 2.75) is 19.4 Å². The van der Waals surface area contributed by atoms with Crippen molar-refractivity contribution >= 4 is 17.2 Å². The van der Waals surface area contributed by atoms with Crippen LogP contribution in [0.2, 0.25) is 0 Å². The van der Waals surface area contributed by atoms with E-state index >= 15 is 0 Å². The first-order chi connectivity index (χ1) is 8.15. The van der Waals surface area contributed by atoms with Crippen LogP contribution in [-0.2, 0) is 4.79 Å². The van der Waals surface area contributed by atoms with Crippen LogP contribution in [0.5, 0.6) is 0 Å². The van der Waals surface area contributed by atoms with Gasteiger partial charge in [-0.15, -0.1) is 11.3 Å². The van der Waals surface area contributed by atoms with Crippen LogP contribution in [0.1, 0.15) is 22.2 Å². The minimum Gasteiger partial charge on any atom is -0.368 e. The molecule has 0 saturated carbocycles. The highest BCUT2D eigenvalue weighted by Crippen LogP contribution is 2.22. The molecule has 1 aromatic rings. The van der Waals surface area contributed by atoms with E-state index in [1.54, 1.807) is 11.3 Å². The molecule has 0 saturated heterocycles. The van der Waals surface area contributed by atoms with Crippen LogP contribution in [-0.4, -0.2) is 19.0 Å². The summed E-state index contributed by atoms with van der Waals surface area (Å²) in [5, 5.41) is 6.48. The molecule has 0 bridgehead atoms. The van der Waals surface area contributed by atoms with Gasteiger partial charge in [0.05, 0.1) is 0 Å². The van der Waals surface area contributed by atoms with Gasteiger partial charge in [-0.1, -0.05) is 5.11 Å². The van der Waals surface area contributed by atoms with E-state index in [-0.39, 0.29) is 0 Å². The zero-order valence-electron chi connectivity index (χ0n) is 9.59. The van der Waals surface area contributed by atoms with Gasteiger partial charge in [0.1, 0.15) is 6.04 Å². The highest BCUT2D eigenvalue weighted by Gasteiger charge is 2.18. The number of amides is 1. The number of primary amides is 1. The summed E-state index contributed by atoms with van der Waals surface area (Å²) in [6.45, 7) is 2.98. The second-order valence-corrected chi connectivity index (χ2v) is 4.87. The minimum absolute atomic E-state index is 0.393. The van der Waals surface area contributed by atoms with Crippen molar-refractivity contribution in [3.05, 3.63) is 32.3 Å². The molecule has 1 aromatic heterocycles. The Morgan fingerprint density at radius 1 is 1.71 bits per heavy atom. The number of carbonyl (C=O) groups is 1. The van der Waals surface area contributed by atoms with Crippen LogP contribution < -0.4 is 11.1 Å². The maximum atomic E-state index is 11.3. The maximum Gasteiger partial charge on any atom is 0.239 e. The van der Waals surface area contributed by atoms with Crippen LogP contribution >= 0.6 is 11.3 Å². The van der Waals surface area contributed by atoms with E-state index in [4.69, 9.17) is 11.3 Å². The van der Waals surface area contributed by atoms with Gasteiger partial charge in [-0.05, 0) is 37.6 Å². The number of nitrogens with two attached hydrogens (primary N) is 1. The lowest BCUT2D eigenvalue weighted by Crippen LogP contribution is -2.33. The van der Waals surface area contributed by atoms with Crippen LogP contribution in [0.4, 0.5) is 0 Å². The zero-order valence-corrected chi connectivity index (χ0v) is 10.4. The molecule has 0 aliphatic rings. The summed E-state index contributed by atoms with van der Waals surface area (Å²) in [6.07, 6.45) is 0.679. The molecule has 1 heterocycles. The molecule has 0 aliphatic heterocycles. The first-order valence-electron chi connectivity index (χ1n) is 5.25. The number of rotatable bonds is 7. The van der Waals surface area contributed by atoms with Crippen LogP contribution in [0.25, 0.3) is 10.4 Å². The summed E-state index contributed by atoms with van der Waals surface area (Å²) >= 11 is 1.55. The van der Waals surface area contributed by atoms with Crippen LogP contribution in [0.15, 0.2) is 17.2 Å². The minimum atomic E-state index is -0.459. The molecule has 92 valence electrons. The van der Waals surface area contributed by atoms with E-state index in [1.165, 1.54) is 0 Å². The fraction of sp³-hybridized carbons (Fsp3) is 0.500. The second kappa shape index (κ2) is 6.90. The van der Waals surface area contributed by atoms with E-state index in [0.717, 1.165) is 9.75 Å². The number of hydrogen-bond donors (Lipinski definition) is 2. The van der Waals surface area contributed by atoms with Crippen molar-refractivity contribution in [1.29, 1.82) is 0 Å². The van der Waals surface area contributed by atoms with Crippen molar-refractivity contribution in [3.63, 3.8) is 0 Å². The van der Waals surface area contributed by atoms with Crippen molar-refractivity contribution in [2.75, 3.05) is 13.1 Å². The molecule has 0 fully saturated rings. The summed E-state index contributed by atoms with van der Waals surface area (Å²) < 4.78 is 0. The van der Waals surface area contributed by atoms with Gasteiger partial charge in [-0.2, -0.15) is 0 Å². The van der Waals surface area contributed by atoms with Gasteiger partial charge >= 0.3 is 0 Å². The lowest BCUT2D eigenvalue weighted by molar-refractivity contribution is -0.120. The predicted octanol–water partition coefficient (Wildman–Crippen LogP) is 1.87. The third kappa shape index (κ3) is 4.44. The van der Waals surface area contributed by atoms with Gasteiger partial charge in [-0.25, -0.2) is 0 Å². The van der Waals surface area contributed by atoms with E-state index < -0.39 is 11.9 Å². The van der Waals surface area contributed by atoms with E-state index in [9.17, 15) is 4.79 Å². The number of azide groups is 1. The molecule has 17 heavy (non-hydrogen) atoms. The quantitative estimate of drug-likeness (QED) is 0.335. The average Bonchev–Trinajstić information content (AvgIpc) is 2.69. The van der Waals surface area contributed by atoms with E-state index in [2.05, 4.69) is 15.3 Å². The van der Waals surface area contributed by atoms with Crippen molar-refractivity contribution in [2.24, 2.45) is 10.8 Å². The lowest BCUT2D eigenvalue weighted by Gasteiger charge is -2.13. The fourth-order valence-corrected chi connectivity index (χ4v) is 2.35. The average molecular weight is 253 g/mol. The molecule has 0 radical (unpaired) electrons. The Hall–Kier alpha value is -1.56. The molecular weight excluding hydrogens is 238 g/mol. The number of nitrogens with one attached hydrogen (secondary N) is 1. The summed E-state index contributed by atoms with van der Waals surface area (Å²) in [7, 11) is 0. The lowest BCUT2D eigenvalue weighted by atomic mass is 10.2. The Kier molecular flexibility index (Phi) is 5.48. The first kappa shape index (κ1) is 13.5. The second-order valence-electron chi connectivity index (χ2n) is 3.55. The highest BCUT2D eigenvalue weighted by molar-refractivity contribution is 7.12. The monoisotopic (exact) mass is 253 g/mol. The molecule has 1 rings (SSSR count). The van der Waals surface area contributed by atoms with Crippen LogP contribution in [0.3, 0.4) is 0 Å². The van der Waals surface area contributed by atoms with E-state index in [1.807, 2.05) is 19.1 Å². The van der Waals surface area contributed by atoms with Crippen molar-refractivity contribution < 1.29 is 4.79 Å². The summed E-state index contributed by atoms with van der Waals surface area (Å²) in [5.74, 6) is -0.393. The topological polar surface area (TPSA) is 104 Å². The van der Waals surface area contributed by atoms with Gasteiger partial charge in [0.2, 0.25) is 5.91 Å². The number of aryl methyl sites for hydroxylation is 1. The number of thiophene rings is 1. The zero-order chi connectivity index (χ0) is 12.7. The normalized spacial score (nSPS) is 11.8. The molecule has 7 heteroatoms. The number of nitrogens with zero attached hydrogens (tertiary/aromatic N) is 3. The number of hydrogen-bond acceptors (Lipinski definition) is 4. The molecule has 0 aromatic carbocycles. The van der Waals surface area contributed by atoms with Gasteiger partial charge in [0, 0.05) is 21.2 Å². The Morgan fingerprint density at radius 3 is 3.00 bits per heavy atom. The Morgan fingerprint density at radius 2 is 2.47 bits per heavy atom. The summed E-state index contributed by atoms with van der Waals surface area (Å²) in [4.78, 5) is 16.0. The molecule has 6 nitrogen and oxygen atoms in total. The maximum absolute atomic E-state index is 11.3. The summed E-state index contributed by atoms with van der Waals surface area (Å²) in [6, 6.07) is 3.40. The standard InChI is InChI=1S/C10H15N5OS/c1-7-3-4-8(17-7)9(10(11)16)13-5-2-6-14-15-12/h3-4,9,13H,2,5-6H2,1H3,(H2,11,16). The third-order valence-electron chi connectivity index (χ3n) is 2.18. The van der Waals surface area contributed by atoms with E-state index in [0.29, 0.717) is 19.5 Å². The first-order valence-corrected chi connectivity index (χ1v) is 6.06. The Balaban J connectivity index is 2.50. The molecule has 0 aliphatic carbocycles. The fourth-order valence-electron chi connectivity index (χ4n) is 1.39. The van der Waals surface area contributed by atoms with Gasteiger partial charge in [0.15, 0.2) is 0 Å². The van der Waals surface area contributed by atoms with Gasteiger partial charge < -0.3 is 11.1 Å². The van der Waals surface area contributed by atoms with Gasteiger partial charge in [-0.3, -0.25) is 4.79 Å². The predicted molar refractivity (Wildman–Crippen MR) is 67.6 cm³/mol. The largest absolute Gasteiger partial charge is 0.368 e. The molecular formula is C10H15N5OS. The van der Waals surface area contributed by atoms with Gasteiger partial charge in [0.25, 0.3) is 0 Å². The Bertz CT molecular complexity index is 424. The SMILES string of the molecule is Cc1ccc(C(NCCCN=[N+]=[N-])C(N)=O)s1. The molecule has 0 spiro atoms. The number of carbonyl (C=O) groups excluding carboxylic acids is 1. The molecule has 1 atom stereocenters. The Labute approximate surface area is 103 Å². The summed E-state index contributed by atoms with van der Waals surface area (Å²) in [5.41, 5.74) is 13.5. The third-order valence-corrected chi connectivity index (χ3v) is 3.24. The van der Waals surface area contributed by atoms with Crippen molar-refractivity contribution in [3.8, 4) is 0 Å². The van der Waals surface area contributed by atoms with Crippen LogP contribution in [0, 0.1) is 6.92 Å². The molecule has 1 unspecified atom stereocenters. The highest BCUT2D eigenvalue weighted by atomic mass is 32.1.